The molecule has 9 heteroatoms. The van der Waals surface area contributed by atoms with Crippen LogP contribution < -0.4 is 10.5 Å². The van der Waals surface area contributed by atoms with E-state index in [4.69, 9.17) is 10.5 Å². The van der Waals surface area contributed by atoms with Gasteiger partial charge in [0.05, 0.1) is 12.4 Å². The highest BCUT2D eigenvalue weighted by atomic mass is 32.2. The van der Waals surface area contributed by atoms with E-state index in [1.165, 1.54) is 11.6 Å². The Hall–Kier alpha value is -1.61. The zero-order chi connectivity index (χ0) is 15.3. The number of nitrogens with zero attached hydrogens (tertiary/aromatic N) is 2. The maximum Gasteiger partial charge on any atom is 0.360 e. The van der Waals surface area contributed by atoms with Crippen LogP contribution in [0.1, 0.15) is 30.2 Å². The Morgan fingerprint density at radius 1 is 1.45 bits per heavy atom. The van der Waals surface area contributed by atoms with Crippen molar-refractivity contribution in [1.29, 1.82) is 0 Å². The maximum absolute atomic E-state index is 11.7. The standard InChI is InChI=1S/C11H20N4O4S/c1-4-8-14-9(11(16)19-5-2)10(12)15(8)6-7-20(17,18)13-3/h13H,4-7,12H2,1-3H3. The summed E-state index contributed by atoms with van der Waals surface area (Å²) in [7, 11) is -2.01. The molecule has 114 valence electrons. The molecule has 1 heterocycles. The van der Waals surface area contributed by atoms with Crippen molar-refractivity contribution in [2.24, 2.45) is 0 Å². The van der Waals surface area contributed by atoms with Gasteiger partial charge in [-0.2, -0.15) is 0 Å². The molecule has 8 nitrogen and oxygen atoms in total. The molecule has 0 radical (unpaired) electrons. The van der Waals surface area contributed by atoms with Crippen LogP contribution in [-0.2, 0) is 27.7 Å². The fraction of sp³-hybridized carbons (Fsp3) is 0.636. The predicted molar refractivity (Wildman–Crippen MR) is 74.8 cm³/mol. The number of ether oxygens (including phenoxy) is 1. The van der Waals surface area contributed by atoms with E-state index < -0.39 is 16.0 Å². The number of sulfonamides is 1. The Bertz CT molecular complexity index is 579. The summed E-state index contributed by atoms with van der Waals surface area (Å²) < 4.78 is 31.5. The van der Waals surface area contributed by atoms with Crippen LogP contribution in [0.3, 0.4) is 0 Å². The Kier molecular flexibility index (Phi) is 5.52. The zero-order valence-corrected chi connectivity index (χ0v) is 12.7. The van der Waals surface area contributed by atoms with E-state index >= 15 is 0 Å². The van der Waals surface area contributed by atoms with Gasteiger partial charge in [-0.1, -0.05) is 6.92 Å². The lowest BCUT2D eigenvalue weighted by Crippen LogP contribution is -2.25. The van der Waals surface area contributed by atoms with Crippen LogP contribution >= 0.6 is 0 Å². The van der Waals surface area contributed by atoms with Gasteiger partial charge in [-0.3, -0.25) is 0 Å². The van der Waals surface area contributed by atoms with Crippen LogP contribution in [0.25, 0.3) is 0 Å². The van der Waals surface area contributed by atoms with Crippen molar-refractivity contribution in [2.45, 2.75) is 26.8 Å². The van der Waals surface area contributed by atoms with Gasteiger partial charge in [0.15, 0.2) is 5.69 Å². The van der Waals surface area contributed by atoms with Gasteiger partial charge in [0.2, 0.25) is 10.0 Å². The molecule has 0 fully saturated rings. The third-order valence-corrected chi connectivity index (χ3v) is 4.11. The Labute approximate surface area is 118 Å². The molecule has 0 aliphatic carbocycles. The molecular weight excluding hydrogens is 284 g/mol. The van der Waals surface area contributed by atoms with Crippen LogP contribution in [0, 0.1) is 0 Å². The number of nitrogens with two attached hydrogens (primary N) is 1. The van der Waals surface area contributed by atoms with Crippen LogP contribution in [0.4, 0.5) is 5.82 Å². The molecule has 0 spiro atoms. The molecule has 0 aliphatic rings. The quantitative estimate of drug-likeness (QED) is 0.671. The van der Waals surface area contributed by atoms with Crippen molar-refractivity contribution in [3.05, 3.63) is 11.5 Å². The summed E-state index contributed by atoms with van der Waals surface area (Å²) in [5.74, 6) is -0.0577. The maximum atomic E-state index is 11.7. The second-order valence-corrected chi connectivity index (χ2v) is 6.06. The highest BCUT2D eigenvalue weighted by Crippen LogP contribution is 2.16. The number of esters is 1. The average molecular weight is 304 g/mol. The molecule has 1 rings (SSSR count). The number of nitrogens with one attached hydrogen (secondary N) is 1. The van der Waals surface area contributed by atoms with Gasteiger partial charge in [-0.25, -0.2) is 22.9 Å². The molecule has 1 aromatic rings. The highest BCUT2D eigenvalue weighted by Gasteiger charge is 2.21. The van der Waals surface area contributed by atoms with Crippen LogP contribution in [-0.4, -0.2) is 43.3 Å². The number of nitrogen functional groups attached to an aromatic ring is 1. The molecule has 0 aromatic carbocycles. The first-order valence-corrected chi connectivity index (χ1v) is 7.94. The monoisotopic (exact) mass is 304 g/mol. The molecule has 20 heavy (non-hydrogen) atoms. The van der Waals surface area contributed by atoms with Crippen molar-refractivity contribution in [3.8, 4) is 0 Å². The van der Waals surface area contributed by atoms with E-state index in [1.807, 2.05) is 6.92 Å². The molecule has 0 saturated carbocycles. The number of rotatable bonds is 7. The minimum Gasteiger partial charge on any atom is -0.461 e. The Balaban J connectivity index is 3.04. The van der Waals surface area contributed by atoms with Gasteiger partial charge in [0.25, 0.3) is 0 Å². The topological polar surface area (TPSA) is 116 Å². The SMILES string of the molecule is CCOC(=O)c1nc(CC)n(CCS(=O)(=O)NC)c1N. The fourth-order valence-corrected chi connectivity index (χ4v) is 2.32. The van der Waals surface area contributed by atoms with Crippen molar-refractivity contribution >= 4 is 21.8 Å². The molecule has 0 atom stereocenters. The minimum atomic E-state index is -3.35. The summed E-state index contributed by atoms with van der Waals surface area (Å²) in [6.45, 7) is 3.89. The first kappa shape index (κ1) is 16.4. The fourth-order valence-electron chi connectivity index (χ4n) is 1.70. The van der Waals surface area contributed by atoms with E-state index in [2.05, 4.69) is 9.71 Å². The van der Waals surface area contributed by atoms with Crippen molar-refractivity contribution < 1.29 is 17.9 Å². The lowest BCUT2D eigenvalue weighted by molar-refractivity contribution is 0.0521. The van der Waals surface area contributed by atoms with E-state index in [-0.39, 0.29) is 30.4 Å². The van der Waals surface area contributed by atoms with Crippen LogP contribution in [0.15, 0.2) is 0 Å². The van der Waals surface area contributed by atoms with Gasteiger partial charge >= 0.3 is 5.97 Å². The third-order valence-electron chi connectivity index (χ3n) is 2.77. The van der Waals surface area contributed by atoms with Crippen LogP contribution in [0.2, 0.25) is 0 Å². The first-order chi connectivity index (χ1) is 9.36. The van der Waals surface area contributed by atoms with E-state index in [0.717, 1.165) is 0 Å². The lowest BCUT2D eigenvalue weighted by atomic mass is 10.4. The van der Waals surface area contributed by atoms with E-state index in [0.29, 0.717) is 12.2 Å². The molecule has 0 aliphatic heterocycles. The minimum absolute atomic E-state index is 0.0329. The van der Waals surface area contributed by atoms with Crippen molar-refractivity contribution in [3.63, 3.8) is 0 Å². The molecule has 0 unspecified atom stereocenters. The van der Waals surface area contributed by atoms with Crippen molar-refractivity contribution in [1.82, 2.24) is 14.3 Å². The Morgan fingerprint density at radius 2 is 2.10 bits per heavy atom. The summed E-state index contributed by atoms with van der Waals surface area (Å²) in [5.41, 5.74) is 5.90. The summed E-state index contributed by atoms with van der Waals surface area (Å²) in [6.07, 6.45) is 0.531. The van der Waals surface area contributed by atoms with Gasteiger partial charge in [-0.05, 0) is 14.0 Å². The largest absolute Gasteiger partial charge is 0.461 e. The number of aromatic nitrogens is 2. The third kappa shape index (κ3) is 3.70. The molecule has 1 aromatic heterocycles. The second-order valence-electron chi connectivity index (χ2n) is 4.01. The van der Waals surface area contributed by atoms with Gasteiger partial charge in [-0.15, -0.1) is 0 Å². The highest BCUT2D eigenvalue weighted by molar-refractivity contribution is 7.89. The van der Waals surface area contributed by atoms with Crippen molar-refractivity contribution in [2.75, 3.05) is 25.1 Å². The Morgan fingerprint density at radius 3 is 2.60 bits per heavy atom. The second kappa shape index (κ2) is 6.71. The van der Waals surface area contributed by atoms with E-state index in [9.17, 15) is 13.2 Å². The number of hydrogen-bond donors (Lipinski definition) is 2. The number of imidazole rings is 1. The molecule has 0 saturated heterocycles. The van der Waals surface area contributed by atoms with Gasteiger partial charge < -0.3 is 15.0 Å². The number of carbonyl (C=O) groups is 1. The number of hydrogen-bond acceptors (Lipinski definition) is 6. The lowest BCUT2D eigenvalue weighted by Gasteiger charge is -2.08. The number of aryl methyl sites for hydroxylation is 1. The molecule has 3 N–H and O–H groups in total. The predicted octanol–water partition coefficient (Wildman–Crippen LogP) is -0.246. The first-order valence-electron chi connectivity index (χ1n) is 6.29. The summed E-state index contributed by atoms with van der Waals surface area (Å²) in [5, 5.41) is 0. The smallest absolute Gasteiger partial charge is 0.360 e. The average Bonchev–Trinajstić information content (AvgIpc) is 2.73. The summed E-state index contributed by atoms with van der Waals surface area (Å²) >= 11 is 0. The number of carbonyl (C=O) groups excluding carboxylic acids is 1. The normalized spacial score (nSPS) is 11.6. The molecule has 0 bridgehead atoms. The van der Waals surface area contributed by atoms with Gasteiger partial charge in [0.1, 0.15) is 11.6 Å². The zero-order valence-electron chi connectivity index (χ0n) is 11.8. The number of anilines is 1. The summed E-state index contributed by atoms with van der Waals surface area (Å²) in [6, 6.07) is 0. The van der Waals surface area contributed by atoms with E-state index in [1.54, 1.807) is 6.92 Å². The van der Waals surface area contributed by atoms with Crippen LogP contribution in [0.5, 0.6) is 0 Å². The molecule has 0 amide bonds. The van der Waals surface area contributed by atoms with Gasteiger partial charge in [0, 0.05) is 13.0 Å². The molecular formula is C11H20N4O4S. The summed E-state index contributed by atoms with van der Waals surface area (Å²) in [4.78, 5) is 15.8.